The van der Waals surface area contributed by atoms with Crippen molar-refractivity contribution in [1.29, 1.82) is 0 Å². The van der Waals surface area contributed by atoms with E-state index in [0.29, 0.717) is 13.0 Å². The van der Waals surface area contributed by atoms with Crippen molar-refractivity contribution in [2.75, 3.05) is 13.2 Å². The third-order valence-electron chi connectivity index (χ3n) is 3.00. The van der Waals surface area contributed by atoms with Gasteiger partial charge in [-0.05, 0) is 19.1 Å². The van der Waals surface area contributed by atoms with Crippen LogP contribution < -0.4 is 10.5 Å². The molecule has 5 nitrogen and oxygen atoms in total. The lowest BCUT2D eigenvalue weighted by molar-refractivity contribution is -0.154. The molecule has 2 rings (SSSR count). The van der Waals surface area contributed by atoms with Crippen molar-refractivity contribution in [3.05, 3.63) is 30.3 Å². The Morgan fingerprint density at radius 2 is 2.05 bits per heavy atom. The maximum atomic E-state index is 11.6. The van der Waals surface area contributed by atoms with Gasteiger partial charge < -0.3 is 19.9 Å². The van der Waals surface area contributed by atoms with Crippen LogP contribution in [0, 0.1) is 0 Å². The monoisotopic (exact) mass is 265 g/mol. The summed E-state index contributed by atoms with van der Waals surface area (Å²) in [7, 11) is 0. The van der Waals surface area contributed by atoms with E-state index in [1.54, 1.807) is 0 Å². The summed E-state index contributed by atoms with van der Waals surface area (Å²) in [5, 5.41) is 0. The Morgan fingerprint density at radius 3 is 2.79 bits per heavy atom. The first-order valence-corrected chi connectivity index (χ1v) is 6.42. The molecule has 1 saturated heterocycles. The molecule has 1 aromatic carbocycles. The van der Waals surface area contributed by atoms with E-state index in [-0.39, 0.29) is 18.8 Å². The zero-order chi connectivity index (χ0) is 13.7. The smallest absolute Gasteiger partial charge is 0.325 e. The van der Waals surface area contributed by atoms with Crippen LogP contribution in [0.1, 0.15) is 13.3 Å². The van der Waals surface area contributed by atoms with Gasteiger partial charge in [-0.2, -0.15) is 0 Å². The molecule has 1 aliphatic heterocycles. The SMILES string of the molecule is C[C@@H]1OC(=O)[C@@H](N)COCC[C@H]1Oc1ccccc1. The number of esters is 1. The average Bonchev–Trinajstić information content (AvgIpc) is 2.46. The molecule has 1 heterocycles. The minimum absolute atomic E-state index is 0.184. The van der Waals surface area contributed by atoms with Gasteiger partial charge in [-0.3, -0.25) is 4.79 Å². The number of benzene rings is 1. The molecular formula is C14H19NO4. The van der Waals surface area contributed by atoms with Gasteiger partial charge in [0.1, 0.15) is 24.0 Å². The Labute approximate surface area is 112 Å². The second kappa shape index (κ2) is 6.54. The normalized spacial score (nSPS) is 28.7. The number of para-hydroxylation sites is 1. The number of nitrogens with two attached hydrogens (primary N) is 1. The number of cyclic esters (lactones) is 1. The molecule has 2 N–H and O–H groups in total. The Bertz CT molecular complexity index is 409. The van der Waals surface area contributed by atoms with E-state index in [1.165, 1.54) is 0 Å². The highest BCUT2D eigenvalue weighted by Gasteiger charge is 2.27. The zero-order valence-electron chi connectivity index (χ0n) is 11.0. The molecule has 1 aromatic rings. The second-order valence-corrected chi connectivity index (χ2v) is 4.58. The van der Waals surface area contributed by atoms with Gasteiger partial charge in [0.05, 0.1) is 13.2 Å². The fraction of sp³-hybridized carbons (Fsp3) is 0.500. The lowest BCUT2D eigenvalue weighted by atomic mass is 10.1. The highest BCUT2D eigenvalue weighted by Crippen LogP contribution is 2.17. The molecule has 0 bridgehead atoms. The van der Waals surface area contributed by atoms with Crippen LogP contribution in [0.15, 0.2) is 30.3 Å². The quantitative estimate of drug-likeness (QED) is 0.811. The number of carbonyl (C=O) groups excluding carboxylic acids is 1. The fourth-order valence-electron chi connectivity index (χ4n) is 1.89. The summed E-state index contributed by atoms with van der Waals surface area (Å²) in [5.74, 6) is 0.301. The van der Waals surface area contributed by atoms with Crippen LogP contribution >= 0.6 is 0 Å². The van der Waals surface area contributed by atoms with Crippen LogP contribution in [0.25, 0.3) is 0 Å². The number of ether oxygens (including phenoxy) is 3. The minimum atomic E-state index is -0.724. The van der Waals surface area contributed by atoms with Gasteiger partial charge in [0.15, 0.2) is 0 Å². The Hall–Kier alpha value is -1.59. The van der Waals surface area contributed by atoms with Gasteiger partial charge in [-0.15, -0.1) is 0 Å². The molecule has 0 saturated carbocycles. The highest BCUT2D eigenvalue weighted by atomic mass is 16.6. The number of hydrogen-bond acceptors (Lipinski definition) is 5. The van der Waals surface area contributed by atoms with Crippen LogP contribution in [0.2, 0.25) is 0 Å². The third kappa shape index (κ3) is 3.94. The van der Waals surface area contributed by atoms with E-state index >= 15 is 0 Å². The Kier molecular flexibility index (Phi) is 4.76. The van der Waals surface area contributed by atoms with Crippen molar-refractivity contribution < 1.29 is 19.0 Å². The second-order valence-electron chi connectivity index (χ2n) is 4.58. The summed E-state index contributed by atoms with van der Waals surface area (Å²) in [6, 6.07) is 8.72. The van der Waals surface area contributed by atoms with E-state index in [1.807, 2.05) is 37.3 Å². The highest BCUT2D eigenvalue weighted by molar-refractivity contribution is 5.75. The van der Waals surface area contributed by atoms with E-state index in [0.717, 1.165) is 5.75 Å². The minimum Gasteiger partial charge on any atom is -0.486 e. The van der Waals surface area contributed by atoms with E-state index in [9.17, 15) is 4.79 Å². The van der Waals surface area contributed by atoms with Crippen LogP contribution in [-0.4, -0.2) is 37.4 Å². The summed E-state index contributed by atoms with van der Waals surface area (Å²) >= 11 is 0. The van der Waals surface area contributed by atoms with E-state index < -0.39 is 12.0 Å². The van der Waals surface area contributed by atoms with Gasteiger partial charge in [0, 0.05) is 6.42 Å². The van der Waals surface area contributed by atoms with Crippen LogP contribution in [0.4, 0.5) is 0 Å². The average molecular weight is 265 g/mol. The van der Waals surface area contributed by atoms with Gasteiger partial charge in [0.2, 0.25) is 0 Å². The summed E-state index contributed by atoms with van der Waals surface area (Å²) in [6.45, 7) is 2.49. The lowest BCUT2D eigenvalue weighted by Gasteiger charge is -2.24. The summed E-state index contributed by atoms with van der Waals surface area (Å²) in [5.41, 5.74) is 5.64. The summed E-state index contributed by atoms with van der Waals surface area (Å²) in [6.07, 6.45) is 0.0490. The molecule has 1 fully saturated rings. The first-order chi connectivity index (χ1) is 9.16. The van der Waals surface area contributed by atoms with Crippen molar-refractivity contribution >= 4 is 5.97 Å². The van der Waals surface area contributed by atoms with Gasteiger partial charge in [0.25, 0.3) is 0 Å². The molecule has 0 spiro atoms. The van der Waals surface area contributed by atoms with Gasteiger partial charge in [-0.1, -0.05) is 18.2 Å². The number of hydrogen-bond donors (Lipinski definition) is 1. The molecule has 104 valence electrons. The summed E-state index contributed by atoms with van der Waals surface area (Å²) < 4.78 is 16.5. The molecule has 1 aliphatic rings. The lowest BCUT2D eigenvalue weighted by Crippen LogP contribution is -2.40. The van der Waals surface area contributed by atoms with Crippen molar-refractivity contribution in [3.63, 3.8) is 0 Å². The molecule has 3 atom stereocenters. The van der Waals surface area contributed by atoms with Crippen LogP contribution in [0.3, 0.4) is 0 Å². The molecule has 0 aromatic heterocycles. The fourth-order valence-corrected chi connectivity index (χ4v) is 1.89. The first kappa shape index (κ1) is 13.8. The predicted octanol–water partition coefficient (Wildman–Crippen LogP) is 1.11. The van der Waals surface area contributed by atoms with Crippen molar-refractivity contribution in [2.24, 2.45) is 5.73 Å². The molecule has 5 heteroatoms. The third-order valence-corrected chi connectivity index (χ3v) is 3.00. The van der Waals surface area contributed by atoms with Gasteiger partial charge >= 0.3 is 5.97 Å². The largest absolute Gasteiger partial charge is 0.486 e. The predicted molar refractivity (Wildman–Crippen MR) is 69.8 cm³/mol. The molecule has 19 heavy (non-hydrogen) atoms. The van der Waals surface area contributed by atoms with Gasteiger partial charge in [-0.25, -0.2) is 0 Å². The topological polar surface area (TPSA) is 70.8 Å². The van der Waals surface area contributed by atoms with Crippen molar-refractivity contribution in [1.82, 2.24) is 0 Å². The molecule has 0 radical (unpaired) electrons. The maximum Gasteiger partial charge on any atom is 0.325 e. The zero-order valence-corrected chi connectivity index (χ0v) is 11.0. The first-order valence-electron chi connectivity index (χ1n) is 6.42. The van der Waals surface area contributed by atoms with Crippen LogP contribution in [0.5, 0.6) is 5.75 Å². The van der Waals surface area contributed by atoms with E-state index in [2.05, 4.69) is 0 Å². The standard InChI is InChI=1S/C14H19NO4/c1-10-13(19-11-5-3-2-4-6-11)7-8-17-9-12(15)14(16)18-10/h2-6,10,12-13H,7-9,15H2,1H3/t10-,12-,13+/m0/s1. The van der Waals surface area contributed by atoms with E-state index in [4.69, 9.17) is 19.9 Å². The van der Waals surface area contributed by atoms with Crippen LogP contribution in [-0.2, 0) is 14.3 Å². The van der Waals surface area contributed by atoms with Crippen molar-refractivity contribution in [3.8, 4) is 5.75 Å². The molecule has 0 aliphatic carbocycles. The molecular weight excluding hydrogens is 246 g/mol. The molecule has 0 amide bonds. The number of rotatable bonds is 2. The number of carbonyl (C=O) groups is 1. The maximum absolute atomic E-state index is 11.6. The Balaban J connectivity index is 2.03. The summed E-state index contributed by atoms with van der Waals surface area (Å²) in [4.78, 5) is 11.6. The Morgan fingerprint density at radius 1 is 1.32 bits per heavy atom. The van der Waals surface area contributed by atoms with Crippen molar-refractivity contribution in [2.45, 2.75) is 31.6 Å². The molecule has 0 unspecified atom stereocenters.